The number of anilines is 1. The Bertz CT molecular complexity index is 1560. The number of pyridine rings is 1. The monoisotopic (exact) mass is 508 g/mol. The molecule has 2 N–H and O–H groups in total. The Balaban J connectivity index is 1.20. The van der Waals surface area contributed by atoms with Gasteiger partial charge in [-0.25, -0.2) is 14.6 Å². The number of hydrogen-bond donors (Lipinski definition) is 1. The normalized spacial score (nSPS) is 20.8. The van der Waals surface area contributed by atoms with Gasteiger partial charge in [0.25, 0.3) is 0 Å². The number of ether oxygens (including phenoxy) is 1. The lowest BCUT2D eigenvalue weighted by Gasteiger charge is -2.38. The van der Waals surface area contributed by atoms with Gasteiger partial charge >= 0.3 is 0 Å². The van der Waals surface area contributed by atoms with Crippen LogP contribution in [0.5, 0.6) is 0 Å². The first-order valence-corrected chi connectivity index (χ1v) is 13.5. The molecule has 5 heterocycles. The molecule has 38 heavy (non-hydrogen) atoms. The van der Waals surface area contributed by atoms with Crippen molar-refractivity contribution in [1.29, 1.82) is 0 Å². The molecule has 194 valence electrons. The van der Waals surface area contributed by atoms with Gasteiger partial charge in [0.05, 0.1) is 36.9 Å². The summed E-state index contributed by atoms with van der Waals surface area (Å²) in [5, 5.41) is 7.14. The summed E-state index contributed by atoms with van der Waals surface area (Å²) in [5.74, 6) is 0.478. The minimum Gasteiger partial charge on any atom is -0.383 e. The Labute approximate surface area is 221 Å². The van der Waals surface area contributed by atoms with Crippen LogP contribution in [0.15, 0.2) is 61.2 Å². The largest absolute Gasteiger partial charge is 0.383 e. The van der Waals surface area contributed by atoms with Crippen molar-refractivity contribution < 1.29 is 4.74 Å². The molecule has 0 radical (unpaired) electrons. The maximum atomic E-state index is 6.43. The summed E-state index contributed by atoms with van der Waals surface area (Å²) in [6, 6.07) is 15.6. The Morgan fingerprint density at radius 3 is 2.58 bits per heavy atom. The number of rotatable bonds is 5. The van der Waals surface area contributed by atoms with Crippen molar-refractivity contribution in [2.75, 3.05) is 32.0 Å². The van der Waals surface area contributed by atoms with E-state index in [-0.39, 0.29) is 0 Å². The van der Waals surface area contributed by atoms with Gasteiger partial charge in [0.15, 0.2) is 5.65 Å². The minimum absolute atomic E-state index is 0.307. The smallest absolute Gasteiger partial charge is 0.164 e. The van der Waals surface area contributed by atoms with E-state index >= 15 is 0 Å². The van der Waals surface area contributed by atoms with Gasteiger partial charge in [-0.15, -0.1) is 0 Å². The molecule has 4 aromatic heterocycles. The molecule has 9 nitrogen and oxygen atoms in total. The Morgan fingerprint density at radius 2 is 1.76 bits per heavy atom. The van der Waals surface area contributed by atoms with E-state index in [0.29, 0.717) is 17.9 Å². The van der Waals surface area contributed by atoms with Gasteiger partial charge in [-0.3, -0.25) is 9.88 Å². The van der Waals surface area contributed by atoms with Gasteiger partial charge in [0, 0.05) is 48.0 Å². The van der Waals surface area contributed by atoms with Crippen LogP contribution in [0, 0.1) is 0 Å². The first kappa shape index (κ1) is 23.3. The van der Waals surface area contributed by atoms with E-state index < -0.39 is 0 Å². The molecule has 9 heteroatoms. The summed E-state index contributed by atoms with van der Waals surface area (Å²) in [4.78, 5) is 16.1. The summed E-state index contributed by atoms with van der Waals surface area (Å²) in [6.07, 6.45) is 10.00. The van der Waals surface area contributed by atoms with Crippen molar-refractivity contribution in [2.45, 2.75) is 44.3 Å². The number of nitrogens with zero attached hydrogens (tertiary/aromatic N) is 7. The Hall–Kier alpha value is -3.82. The van der Waals surface area contributed by atoms with Gasteiger partial charge in [0.2, 0.25) is 0 Å². The zero-order chi connectivity index (χ0) is 25.5. The molecule has 0 spiro atoms. The fourth-order valence-corrected chi connectivity index (χ4v) is 6.21. The summed E-state index contributed by atoms with van der Waals surface area (Å²) in [5.41, 5.74) is 11.3. The SMILES string of the molecule is Nc1ncnc2c1c(-c1ccc3c(ccn3Cc3ccccn3)c1)nn2C1CCC(N2CCOCC2)CC1. The number of morpholine rings is 1. The third-order valence-corrected chi connectivity index (χ3v) is 8.20. The van der Waals surface area contributed by atoms with E-state index in [4.69, 9.17) is 15.6 Å². The maximum Gasteiger partial charge on any atom is 0.164 e. The molecule has 0 atom stereocenters. The van der Waals surface area contributed by atoms with E-state index in [1.54, 1.807) is 6.33 Å². The van der Waals surface area contributed by atoms with E-state index in [0.717, 1.165) is 97.4 Å². The van der Waals surface area contributed by atoms with Crippen LogP contribution in [0.3, 0.4) is 0 Å². The van der Waals surface area contributed by atoms with Gasteiger partial charge in [-0.1, -0.05) is 12.1 Å². The predicted octanol–water partition coefficient (Wildman–Crippen LogP) is 4.29. The first-order valence-electron chi connectivity index (χ1n) is 13.5. The molecular weight excluding hydrogens is 476 g/mol. The zero-order valence-corrected chi connectivity index (χ0v) is 21.4. The third-order valence-electron chi connectivity index (χ3n) is 8.20. The van der Waals surface area contributed by atoms with Gasteiger partial charge < -0.3 is 15.0 Å². The Morgan fingerprint density at radius 1 is 0.921 bits per heavy atom. The summed E-state index contributed by atoms with van der Waals surface area (Å²) in [7, 11) is 0. The molecule has 0 amide bonds. The molecule has 1 aliphatic carbocycles. The zero-order valence-electron chi connectivity index (χ0n) is 21.4. The Kier molecular flexibility index (Phi) is 6.02. The van der Waals surface area contributed by atoms with Gasteiger partial charge in [-0.2, -0.15) is 5.10 Å². The van der Waals surface area contributed by atoms with Gasteiger partial charge in [0.1, 0.15) is 17.8 Å². The van der Waals surface area contributed by atoms with Crippen LogP contribution in [0.2, 0.25) is 0 Å². The number of nitrogens with two attached hydrogens (primary N) is 1. The molecule has 0 bridgehead atoms. The number of benzene rings is 1. The highest BCUT2D eigenvalue weighted by atomic mass is 16.5. The number of nitrogen functional groups attached to an aromatic ring is 1. The van der Waals surface area contributed by atoms with Gasteiger partial charge in [-0.05, 0) is 56.0 Å². The lowest BCUT2D eigenvalue weighted by Crippen LogP contribution is -2.45. The standard InChI is InChI=1S/C29H32N8O/c30-28-26-27(21-4-9-25-20(17-21)10-12-36(25)18-22-3-1-2-11-31-22)34-37(29(26)33-19-32-28)24-7-5-23(6-8-24)35-13-15-38-16-14-35/h1-4,9-12,17,19,23-24H,5-8,13-16,18H2,(H2,30,32,33). The first-order chi connectivity index (χ1) is 18.7. The molecule has 2 aliphatic rings. The minimum atomic E-state index is 0.307. The maximum absolute atomic E-state index is 6.43. The number of aromatic nitrogens is 6. The molecular formula is C29H32N8O. The second-order valence-corrected chi connectivity index (χ2v) is 10.4. The van der Waals surface area contributed by atoms with Crippen LogP contribution < -0.4 is 5.73 Å². The van der Waals surface area contributed by atoms with Crippen molar-refractivity contribution in [3.63, 3.8) is 0 Å². The molecule has 1 aromatic carbocycles. The van der Waals surface area contributed by atoms with E-state index in [2.05, 4.69) is 65.6 Å². The summed E-state index contributed by atoms with van der Waals surface area (Å²) >= 11 is 0. The average Bonchev–Trinajstić information content (AvgIpc) is 3.56. The van der Waals surface area contributed by atoms with Crippen LogP contribution in [-0.4, -0.2) is 66.5 Å². The lowest BCUT2D eigenvalue weighted by atomic mass is 9.90. The number of fused-ring (bicyclic) bond motifs is 2. The van der Waals surface area contributed by atoms with Crippen molar-refractivity contribution >= 4 is 27.8 Å². The molecule has 2 fully saturated rings. The highest BCUT2D eigenvalue weighted by Crippen LogP contribution is 2.37. The van der Waals surface area contributed by atoms with Crippen molar-refractivity contribution in [2.24, 2.45) is 0 Å². The highest BCUT2D eigenvalue weighted by Gasteiger charge is 2.30. The van der Waals surface area contributed by atoms with Crippen molar-refractivity contribution in [1.82, 2.24) is 34.2 Å². The molecule has 1 saturated heterocycles. The summed E-state index contributed by atoms with van der Waals surface area (Å²) in [6.45, 7) is 4.51. The fraction of sp³-hybridized carbons (Fsp3) is 0.379. The van der Waals surface area contributed by atoms with Crippen LogP contribution in [-0.2, 0) is 11.3 Å². The van der Waals surface area contributed by atoms with E-state index in [9.17, 15) is 0 Å². The van der Waals surface area contributed by atoms with Crippen LogP contribution >= 0.6 is 0 Å². The van der Waals surface area contributed by atoms with Crippen LogP contribution in [0.1, 0.15) is 37.4 Å². The second-order valence-electron chi connectivity index (χ2n) is 10.4. The van der Waals surface area contributed by atoms with Crippen LogP contribution in [0.25, 0.3) is 33.2 Å². The second kappa shape index (κ2) is 9.81. The van der Waals surface area contributed by atoms with Crippen molar-refractivity contribution in [3.05, 3.63) is 66.9 Å². The van der Waals surface area contributed by atoms with Crippen molar-refractivity contribution in [3.8, 4) is 11.3 Å². The van der Waals surface area contributed by atoms with E-state index in [1.165, 1.54) is 0 Å². The quantitative estimate of drug-likeness (QED) is 0.378. The fourth-order valence-electron chi connectivity index (χ4n) is 6.21. The molecule has 5 aromatic rings. The summed E-state index contributed by atoms with van der Waals surface area (Å²) < 4.78 is 9.90. The molecule has 7 rings (SSSR count). The predicted molar refractivity (Wildman–Crippen MR) is 148 cm³/mol. The molecule has 1 aliphatic heterocycles. The lowest BCUT2D eigenvalue weighted by molar-refractivity contribution is 0.00520. The molecule has 0 unspecified atom stereocenters. The topological polar surface area (TPSA) is 99.9 Å². The third kappa shape index (κ3) is 4.21. The average molecular weight is 509 g/mol. The molecule has 1 saturated carbocycles. The highest BCUT2D eigenvalue weighted by molar-refractivity contribution is 6.00. The van der Waals surface area contributed by atoms with Crippen LogP contribution in [0.4, 0.5) is 5.82 Å². The van der Waals surface area contributed by atoms with E-state index in [1.807, 2.05) is 18.3 Å². The number of hydrogen-bond acceptors (Lipinski definition) is 7.